The van der Waals surface area contributed by atoms with Gasteiger partial charge < -0.3 is 24.0 Å². The molecule has 0 radical (unpaired) electrons. The molecule has 2 fully saturated rings. The van der Waals surface area contributed by atoms with Crippen molar-refractivity contribution in [3.05, 3.63) is 41.7 Å². The average molecular weight is 461 g/mol. The van der Waals surface area contributed by atoms with Crippen molar-refractivity contribution >= 4 is 11.9 Å². The number of carboxylic acid groups (broad SMARTS) is 1. The van der Waals surface area contributed by atoms with Crippen LogP contribution < -0.4 is 4.74 Å². The number of hydrogen-bond donors (Lipinski definition) is 1. The molecule has 2 aromatic rings. The summed E-state index contributed by atoms with van der Waals surface area (Å²) in [6, 6.07) is 4.46. The Morgan fingerprint density at radius 1 is 1.34 bits per heavy atom. The van der Waals surface area contributed by atoms with Crippen LogP contribution in [-0.2, 0) is 9.53 Å². The van der Waals surface area contributed by atoms with E-state index in [0.29, 0.717) is 38.2 Å². The second-order valence-electron chi connectivity index (χ2n) is 7.35. The molecule has 1 atom stereocenters. The number of amides is 1. The molecule has 0 aromatic carbocycles. The van der Waals surface area contributed by atoms with Crippen molar-refractivity contribution in [1.82, 2.24) is 15.0 Å². The zero-order valence-electron chi connectivity index (χ0n) is 16.8. The zero-order chi connectivity index (χ0) is 23.5. The predicted octanol–water partition coefficient (Wildman–Crippen LogP) is 2.60. The molecule has 32 heavy (non-hydrogen) atoms. The number of carbonyl (C=O) groups excluding carboxylic acids is 1. The predicted molar refractivity (Wildman–Crippen MR) is 97.4 cm³/mol. The molecule has 0 bridgehead atoms. The van der Waals surface area contributed by atoms with Gasteiger partial charge in [0.25, 0.3) is 11.8 Å². The number of halogens is 4. The van der Waals surface area contributed by atoms with E-state index in [-0.39, 0.29) is 23.7 Å². The number of aliphatic carboxylic acids is 1. The van der Waals surface area contributed by atoms with Gasteiger partial charge in [-0.1, -0.05) is 5.16 Å². The summed E-state index contributed by atoms with van der Waals surface area (Å²) >= 11 is 0. The molecule has 2 aromatic heterocycles. The molecule has 2 saturated heterocycles. The summed E-state index contributed by atoms with van der Waals surface area (Å²) in [5, 5.41) is 10.9. The van der Waals surface area contributed by atoms with Crippen LogP contribution in [0, 0.1) is 12.7 Å². The average Bonchev–Trinajstić information content (AvgIpc) is 3.14. The third-order valence-electron chi connectivity index (χ3n) is 4.78. The number of likely N-dealkylation sites (tertiary alicyclic amines) is 1. The summed E-state index contributed by atoms with van der Waals surface area (Å²) in [6.07, 6.45) is -2.53. The molecule has 13 heteroatoms. The zero-order valence-corrected chi connectivity index (χ0v) is 16.8. The smallest absolute Gasteiger partial charge is 0.475 e. The molecule has 1 unspecified atom stereocenters. The van der Waals surface area contributed by atoms with Crippen LogP contribution in [0.5, 0.6) is 5.88 Å². The highest BCUT2D eigenvalue weighted by atomic mass is 19.4. The van der Waals surface area contributed by atoms with Gasteiger partial charge in [0.05, 0.1) is 25.4 Å². The number of carbonyl (C=O) groups is 2. The van der Waals surface area contributed by atoms with E-state index in [1.807, 2.05) is 0 Å². The molecular weight excluding hydrogens is 442 g/mol. The topological polar surface area (TPSA) is 115 Å². The van der Waals surface area contributed by atoms with Gasteiger partial charge in [-0.15, -0.1) is 0 Å². The van der Waals surface area contributed by atoms with Crippen LogP contribution in [0.1, 0.15) is 29.1 Å². The Kier molecular flexibility index (Phi) is 6.67. The van der Waals surface area contributed by atoms with Gasteiger partial charge in [0, 0.05) is 25.1 Å². The first-order valence-electron chi connectivity index (χ1n) is 9.43. The summed E-state index contributed by atoms with van der Waals surface area (Å²) in [5.74, 6) is -3.20. The van der Waals surface area contributed by atoms with Crippen LogP contribution in [0.4, 0.5) is 17.6 Å². The number of nitrogens with zero attached hydrogens (tertiary/aromatic N) is 3. The van der Waals surface area contributed by atoms with E-state index in [4.69, 9.17) is 23.9 Å². The van der Waals surface area contributed by atoms with Gasteiger partial charge in [-0.05, 0) is 19.1 Å². The molecule has 2 aliphatic rings. The van der Waals surface area contributed by atoms with E-state index in [1.165, 1.54) is 18.3 Å². The molecule has 0 saturated carbocycles. The van der Waals surface area contributed by atoms with Gasteiger partial charge in [0.2, 0.25) is 5.76 Å². The van der Waals surface area contributed by atoms with Crippen LogP contribution in [0.25, 0.3) is 0 Å². The van der Waals surface area contributed by atoms with Crippen LogP contribution in [0.3, 0.4) is 0 Å². The maximum Gasteiger partial charge on any atom is 0.490 e. The fourth-order valence-electron chi connectivity index (χ4n) is 3.33. The highest BCUT2D eigenvalue weighted by Crippen LogP contribution is 2.36. The summed E-state index contributed by atoms with van der Waals surface area (Å²) in [5.41, 5.74) is 0.220. The quantitative estimate of drug-likeness (QED) is 0.694. The van der Waals surface area contributed by atoms with Gasteiger partial charge in [-0.3, -0.25) is 4.79 Å². The van der Waals surface area contributed by atoms with E-state index in [9.17, 15) is 22.4 Å². The maximum atomic E-state index is 13.7. The van der Waals surface area contributed by atoms with Crippen molar-refractivity contribution in [2.75, 3.05) is 19.7 Å². The highest BCUT2D eigenvalue weighted by Gasteiger charge is 2.50. The molecular formula is C19H19F4N3O6. The van der Waals surface area contributed by atoms with Crippen molar-refractivity contribution in [2.45, 2.75) is 37.6 Å². The van der Waals surface area contributed by atoms with Crippen LogP contribution >= 0.6 is 0 Å². The SMILES string of the molecule is Cc1cc(C(=O)N2CC3(CC(Oc4ncccc4F)CCO3)C2)on1.O=C(O)C(F)(F)F. The second kappa shape index (κ2) is 9.10. The Morgan fingerprint density at radius 3 is 2.59 bits per heavy atom. The van der Waals surface area contributed by atoms with Gasteiger partial charge in [0.15, 0.2) is 5.82 Å². The lowest BCUT2D eigenvalue weighted by molar-refractivity contribution is -0.192. The lowest BCUT2D eigenvalue weighted by Crippen LogP contribution is -2.67. The Balaban J connectivity index is 0.000000360. The van der Waals surface area contributed by atoms with Crippen LogP contribution in [0.15, 0.2) is 28.9 Å². The lowest BCUT2D eigenvalue weighted by atomic mass is 9.84. The van der Waals surface area contributed by atoms with Crippen molar-refractivity contribution < 1.29 is 46.3 Å². The fourth-order valence-corrected chi connectivity index (χ4v) is 3.33. The number of ether oxygens (including phenoxy) is 2. The maximum absolute atomic E-state index is 13.7. The Morgan fingerprint density at radius 2 is 2.03 bits per heavy atom. The summed E-state index contributed by atoms with van der Waals surface area (Å²) < 4.78 is 62.0. The second-order valence-corrected chi connectivity index (χ2v) is 7.35. The molecule has 0 aliphatic carbocycles. The number of carboxylic acids is 1. The standard InChI is InChI=1S/C17H18FN3O4.C2HF3O2/c1-11-7-14(25-20-11)16(22)21-9-17(10-21)8-12(4-6-23-17)24-15-13(18)3-2-5-19-15;3-2(4,5)1(6)7/h2-3,5,7,12H,4,6,8-10H2,1H3;(H,6,7). The molecule has 1 spiro atoms. The van der Waals surface area contributed by atoms with E-state index < -0.39 is 23.6 Å². The Bertz CT molecular complexity index is 974. The summed E-state index contributed by atoms with van der Waals surface area (Å²) in [7, 11) is 0. The monoisotopic (exact) mass is 461 g/mol. The lowest BCUT2D eigenvalue weighted by Gasteiger charge is -2.52. The van der Waals surface area contributed by atoms with Gasteiger partial charge in [-0.2, -0.15) is 13.2 Å². The Hall–Kier alpha value is -3.22. The van der Waals surface area contributed by atoms with E-state index >= 15 is 0 Å². The molecule has 1 N–H and O–H groups in total. The number of pyridine rings is 1. The van der Waals surface area contributed by atoms with Crippen LogP contribution in [-0.4, -0.2) is 69.6 Å². The largest absolute Gasteiger partial charge is 0.490 e. The van der Waals surface area contributed by atoms with Crippen molar-refractivity contribution in [1.29, 1.82) is 0 Å². The minimum Gasteiger partial charge on any atom is -0.475 e. The van der Waals surface area contributed by atoms with Crippen molar-refractivity contribution in [3.63, 3.8) is 0 Å². The van der Waals surface area contributed by atoms with Gasteiger partial charge >= 0.3 is 12.1 Å². The third kappa shape index (κ3) is 5.52. The minimum absolute atomic E-state index is 0.00828. The Labute approximate surface area is 178 Å². The third-order valence-corrected chi connectivity index (χ3v) is 4.78. The molecule has 4 rings (SSSR count). The first-order valence-corrected chi connectivity index (χ1v) is 9.43. The molecule has 1 amide bonds. The highest BCUT2D eigenvalue weighted by molar-refractivity contribution is 5.92. The summed E-state index contributed by atoms with van der Waals surface area (Å²) in [4.78, 5) is 26.8. The molecule has 9 nitrogen and oxygen atoms in total. The normalized spacial score (nSPS) is 19.5. The van der Waals surface area contributed by atoms with Crippen molar-refractivity contribution in [2.24, 2.45) is 0 Å². The first-order chi connectivity index (χ1) is 15.0. The number of rotatable bonds is 3. The van der Waals surface area contributed by atoms with Gasteiger partial charge in [0.1, 0.15) is 11.7 Å². The molecule has 2 aliphatic heterocycles. The van der Waals surface area contributed by atoms with Crippen LogP contribution in [0.2, 0.25) is 0 Å². The van der Waals surface area contributed by atoms with E-state index in [1.54, 1.807) is 17.9 Å². The number of alkyl halides is 3. The van der Waals surface area contributed by atoms with E-state index in [0.717, 1.165) is 0 Å². The number of aromatic nitrogens is 2. The van der Waals surface area contributed by atoms with E-state index in [2.05, 4.69) is 10.1 Å². The summed E-state index contributed by atoms with van der Waals surface area (Å²) in [6.45, 7) is 3.18. The molecule has 4 heterocycles. The number of aryl methyl sites for hydroxylation is 1. The molecule has 174 valence electrons. The number of hydrogen-bond acceptors (Lipinski definition) is 7. The van der Waals surface area contributed by atoms with Crippen molar-refractivity contribution in [3.8, 4) is 5.88 Å². The fraction of sp³-hybridized carbons (Fsp3) is 0.474. The minimum atomic E-state index is -5.08. The first kappa shape index (κ1) is 23.4. The van der Waals surface area contributed by atoms with Gasteiger partial charge in [-0.25, -0.2) is 14.2 Å².